The summed E-state index contributed by atoms with van der Waals surface area (Å²) in [5, 5.41) is 14.3. The highest BCUT2D eigenvalue weighted by atomic mass is 19.1. The Hall–Kier alpha value is -3.03. The fourth-order valence-corrected chi connectivity index (χ4v) is 1.95. The van der Waals surface area contributed by atoms with Crippen molar-refractivity contribution in [2.75, 3.05) is 0 Å². The lowest BCUT2D eigenvalue weighted by Crippen LogP contribution is -2.28. The maximum absolute atomic E-state index is 13.4. The Bertz CT molecular complexity index is 813. The summed E-state index contributed by atoms with van der Waals surface area (Å²) in [5.41, 5.74) is 1.25. The molecule has 0 atom stereocenters. The molecule has 1 N–H and O–H groups in total. The molecule has 0 aliphatic rings. The molecule has 2 heterocycles. The molecular weight excluding hydrogens is 301 g/mol. The number of furan rings is 1. The van der Waals surface area contributed by atoms with Gasteiger partial charge in [-0.15, -0.1) is 10.2 Å². The summed E-state index contributed by atoms with van der Waals surface area (Å²) in [7, 11) is 0. The van der Waals surface area contributed by atoms with Gasteiger partial charge < -0.3 is 9.73 Å². The van der Waals surface area contributed by atoms with Gasteiger partial charge in [-0.1, -0.05) is 12.1 Å². The predicted molar refractivity (Wildman–Crippen MR) is 78.5 cm³/mol. The maximum Gasteiger partial charge on any atom is 0.243 e. The lowest BCUT2D eigenvalue weighted by Gasteiger charge is -2.05. The fourth-order valence-electron chi connectivity index (χ4n) is 1.95. The van der Waals surface area contributed by atoms with E-state index in [1.807, 2.05) is 0 Å². The van der Waals surface area contributed by atoms with Gasteiger partial charge in [0.1, 0.15) is 12.4 Å². The minimum atomic E-state index is -0.297. The van der Waals surface area contributed by atoms with Gasteiger partial charge in [0.15, 0.2) is 5.76 Å². The van der Waals surface area contributed by atoms with Crippen molar-refractivity contribution in [1.29, 1.82) is 0 Å². The fraction of sp³-hybridized carbons (Fsp3) is 0.200. The van der Waals surface area contributed by atoms with Gasteiger partial charge in [0.05, 0.1) is 6.26 Å². The van der Waals surface area contributed by atoms with Crippen molar-refractivity contribution >= 4 is 5.91 Å². The van der Waals surface area contributed by atoms with Gasteiger partial charge >= 0.3 is 0 Å². The standard InChI is InChI=1S/C15H14FN5O2/c1-10-4-5-11(7-12(10)16)8-17-14(22)9-21-19-15(18-20-21)13-3-2-6-23-13/h2-7H,8-9H2,1H3,(H,17,22). The quantitative estimate of drug-likeness (QED) is 0.774. The predicted octanol–water partition coefficient (Wildman–Crippen LogP) is 1.70. The van der Waals surface area contributed by atoms with Crippen LogP contribution in [0, 0.1) is 12.7 Å². The molecule has 2 aromatic heterocycles. The van der Waals surface area contributed by atoms with Crippen LogP contribution in [0.4, 0.5) is 4.39 Å². The number of amides is 1. The largest absolute Gasteiger partial charge is 0.461 e. The van der Waals surface area contributed by atoms with E-state index < -0.39 is 0 Å². The average molecular weight is 315 g/mol. The van der Waals surface area contributed by atoms with Gasteiger partial charge in [-0.3, -0.25) is 4.79 Å². The van der Waals surface area contributed by atoms with Crippen molar-refractivity contribution in [2.24, 2.45) is 0 Å². The summed E-state index contributed by atoms with van der Waals surface area (Å²) in [5.74, 6) is 0.197. The Labute approximate surface area is 131 Å². The van der Waals surface area contributed by atoms with E-state index in [1.165, 1.54) is 17.1 Å². The summed E-state index contributed by atoms with van der Waals surface area (Å²) in [6.45, 7) is 1.84. The van der Waals surface area contributed by atoms with E-state index in [2.05, 4.69) is 20.7 Å². The van der Waals surface area contributed by atoms with Gasteiger partial charge in [-0.2, -0.15) is 4.80 Å². The smallest absolute Gasteiger partial charge is 0.243 e. The van der Waals surface area contributed by atoms with Gasteiger partial charge in [-0.05, 0) is 41.5 Å². The van der Waals surface area contributed by atoms with E-state index in [1.54, 1.807) is 31.2 Å². The minimum Gasteiger partial charge on any atom is -0.461 e. The zero-order valence-corrected chi connectivity index (χ0v) is 12.4. The SMILES string of the molecule is Cc1ccc(CNC(=O)Cn2nnc(-c3ccco3)n2)cc1F. The summed E-state index contributed by atoms with van der Waals surface area (Å²) < 4.78 is 18.6. The second-order valence-corrected chi connectivity index (χ2v) is 4.98. The molecular formula is C15H14FN5O2. The molecule has 0 saturated heterocycles. The number of rotatable bonds is 5. The van der Waals surface area contributed by atoms with Crippen LogP contribution in [-0.2, 0) is 17.9 Å². The molecule has 118 valence electrons. The van der Waals surface area contributed by atoms with Crippen LogP contribution in [-0.4, -0.2) is 26.1 Å². The van der Waals surface area contributed by atoms with Crippen LogP contribution in [0.5, 0.6) is 0 Å². The van der Waals surface area contributed by atoms with Crippen LogP contribution >= 0.6 is 0 Å². The Morgan fingerprint density at radius 1 is 1.39 bits per heavy atom. The van der Waals surface area contributed by atoms with Crippen molar-refractivity contribution in [3.8, 4) is 11.6 Å². The first kappa shape index (κ1) is 14.9. The van der Waals surface area contributed by atoms with E-state index in [4.69, 9.17) is 4.42 Å². The first-order chi connectivity index (χ1) is 11.1. The molecule has 3 rings (SSSR count). The summed E-state index contributed by atoms with van der Waals surface area (Å²) in [6.07, 6.45) is 1.50. The Morgan fingerprint density at radius 3 is 3.00 bits per heavy atom. The number of aromatic nitrogens is 4. The van der Waals surface area contributed by atoms with E-state index in [-0.39, 0.29) is 24.8 Å². The highest BCUT2D eigenvalue weighted by Gasteiger charge is 2.11. The van der Waals surface area contributed by atoms with E-state index in [0.717, 1.165) is 0 Å². The number of benzene rings is 1. The van der Waals surface area contributed by atoms with E-state index >= 15 is 0 Å². The zero-order valence-electron chi connectivity index (χ0n) is 12.4. The number of hydrogen-bond acceptors (Lipinski definition) is 5. The third-order valence-electron chi connectivity index (χ3n) is 3.21. The van der Waals surface area contributed by atoms with Crippen LogP contribution in [0.3, 0.4) is 0 Å². The summed E-state index contributed by atoms with van der Waals surface area (Å²) >= 11 is 0. The number of nitrogens with zero attached hydrogens (tertiary/aromatic N) is 4. The van der Waals surface area contributed by atoms with Gasteiger partial charge in [0, 0.05) is 6.54 Å². The number of hydrogen-bond donors (Lipinski definition) is 1. The number of aryl methyl sites for hydroxylation is 1. The minimum absolute atomic E-state index is 0.0813. The maximum atomic E-state index is 13.4. The lowest BCUT2D eigenvalue weighted by atomic mass is 10.1. The molecule has 0 bridgehead atoms. The van der Waals surface area contributed by atoms with Crippen molar-refractivity contribution in [3.05, 3.63) is 53.5 Å². The lowest BCUT2D eigenvalue weighted by molar-refractivity contribution is -0.122. The second kappa shape index (κ2) is 6.39. The summed E-state index contributed by atoms with van der Waals surface area (Å²) in [4.78, 5) is 13.0. The highest BCUT2D eigenvalue weighted by Crippen LogP contribution is 2.12. The molecule has 7 nitrogen and oxygen atoms in total. The molecule has 0 aliphatic carbocycles. The van der Waals surface area contributed by atoms with Crippen molar-refractivity contribution in [2.45, 2.75) is 20.0 Å². The van der Waals surface area contributed by atoms with Gasteiger partial charge in [-0.25, -0.2) is 4.39 Å². The number of carbonyl (C=O) groups is 1. The Morgan fingerprint density at radius 2 is 2.26 bits per heavy atom. The Kier molecular flexibility index (Phi) is 4.13. The normalized spacial score (nSPS) is 10.7. The topological polar surface area (TPSA) is 85.8 Å². The zero-order chi connectivity index (χ0) is 16.2. The van der Waals surface area contributed by atoms with Crippen LogP contribution in [0.25, 0.3) is 11.6 Å². The molecule has 0 fully saturated rings. The van der Waals surface area contributed by atoms with Crippen molar-refractivity contribution < 1.29 is 13.6 Å². The molecule has 1 aromatic carbocycles. The number of halogens is 1. The Balaban J connectivity index is 1.56. The molecule has 0 aliphatic heterocycles. The molecule has 0 saturated carbocycles. The summed E-state index contributed by atoms with van der Waals surface area (Å²) in [6, 6.07) is 8.25. The van der Waals surface area contributed by atoms with Crippen molar-refractivity contribution in [1.82, 2.24) is 25.5 Å². The number of nitrogens with one attached hydrogen (secondary N) is 1. The van der Waals surface area contributed by atoms with Crippen LogP contribution < -0.4 is 5.32 Å². The van der Waals surface area contributed by atoms with Crippen LogP contribution in [0.2, 0.25) is 0 Å². The third-order valence-corrected chi connectivity index (χ3v) is 3.21. The van der Waals surface area contributed by atoms with E-state index in [9.17, 15) is 9.18 Å². The second-order valence-electron chi connectivity index (χ2n) is 4.98. The molecule has 23 heavy (non-hydrogen) atoms. The number of carbonyl (C=O) groups excluding carboxylic acids is 1. The first-order valence-corrected chi connectivity index (χ1v) is 6.95. The molecule has 0 spiro atoms. The van der Waals surface area contributed by atoms with Crippen LogP contribution in [0.1, 0.15) is 11.1 Å². The van der Waals surface area contributed by atoms with Crippen molar-refractivity contribution in [3.63, 3.8) is 0 Å². The third kappa shape index (κ3) is 3.60. The molecule has 0 unspecified atom stereocenters. The number of tetrazole rings is 1. The molecule has 0 radical (unpaired) electrons. The van der Waals surface area contributed by atoms with E-state index in [0.29, 0.717) is 22.7 Å². The molecule has 3 aromatic rings. The monoisotopic (exact) mass is 315 g/mol. The van der Waals surface area contributed by atoms with Crippen LogP contribution in [0.15, 0.2) is 41.0 Å². The highest BCUT2D eigenvalue weighted by molar-refractivity contribution is 5.75. The average Bonchev–Trinajstić information content (AvgIpc) is 3.19. The van der Waals surface area contributed by atoms with Gasteiger partial charge in [0.25, 0.3) is 0 Å². The first-order valence-electron chi connectivity index (χ1n) is 6.95. The molecule has 8 heteroatoms. The molecule has 1 amide bonds. The van der Waals surface area contributed by atoms with Gasteiger partial charge in [0.2, 0.25) is 11.7 Å².